The van der Waals surface area contributed by atoms with E-state index in [0.29, 0.717) is 0 Å². The van der Waals surface area contributed by atoms with E-state index in [1.807, 2.05) is 6.07 Å². The van der Waals surface area contributed by atoms with Crippen LogP contribution in [0.4, 0.5) is 0 Å². The predicted octanol–water partition coefficient (Wildman–Crippen LogP) is 2.77. The van der Waals surface area contributed by atoms with Gasteiger partial charge < -0.3 is 10.1 Å². The largest absolute Gasteiger partial charge is 0.493 e. The van der Waals surface area contributed by atoms with Crippen LogP contribution in [0.1, 0.15) is 31.7 Å². The van der Waals surface area contributed by atoms with Crippen LogP contribution in [-0.4, -0.2) is 19.2 Å². The van der Waals surface area contributed by atoms with Gasteiger partial charge in [-0.25, -0.2) is 0 Å². The first kappa shape index (κ1) is 11.5. The molecule has 0 aliphatic heterocycles. The molecule has 0 atom stereocenters. The minimum Gasteiger partial charge on any atom is -0.493 e. The van der Waals surface area contributed by atoms with Gasteiger partial charge in [0.2, 0.25) is 0 Å². The molecule has 1 fully saturated rings. The molecule has 0 radical (unpaired) electrons. The van der Waals surface area contributed by atoms with E-state index in [1.165, 1.54) is 18.4 Å². The van der Waals surface area contributed by atoms with E-state index in [-0.39, 0.29) is 0 Å². The van der Waals surface area contributed by atoms with Crippen molar-refractivity contribution in [1.29, 1.82) is 0 Å². The van der Waals surface area contributed by atoms with Crippen LogP contribution in [0, 0.1) is 0 Å². The summed E-state index contributed by atoms with van der Waals surface area (Å²) in [7, 11) is 0. The van der Waals surface area contributed by atoms with Crippen molar-refractivity contribution < 1.29 is 4.74 Å². The Bertz CT molecular complexity index is 320. The first-order valence-electron chi connectivity index (χ1n) is 6.34. The molecular weight excluding hydrogens is 198 g/mol. The van der Waals surface area contributed by atoms with Crippen LogP contribution in [0.15, 0.2) is 24.3 Å². The van der Waals surface area contributed by atoms with E-state index < -0.39 is 0 Å². The van der Waals surface area contributed by atoms with Crippen LogP contribution in [-0.2, 0) is 6.42 Å². The summed E-state index contributed by atoms with van der Waals surface area (Å²) in [5.41, 5.74) is 1.30. The molecule has 1 N–H and O–H groups in total. The van der Waals surface area contributed by atoms with Gasteiger partial charge in [-0.1, -0.05) is 25.1 Å². The molecule has 16 heavy (non-hydrogen) atoms. The fourth-order valence-electron chi connectivity index (χ4n) is 1.78. The van der Waals surface area contributed by atoms with Crippen molar-refractivity contribution in [3.8, 4) is 5.75 Å². The van der Waals surface area contributed by atoms with E-state index in [1.54, 1.807) is 0 Å². The van der Waals surface area contributed by atoms with Gasteiger partial charge in [-0.2, -0.15) is 0 Å². The maximum Gasteiger partial charge on any atom is 0.122 e. The summed E-state index contributed by atoms with van der Waals surface area (Å²) in [6.07, 6.45) is 4.85. The van der Waals surface area contributed by atoms with Crippen LogP contribution in [0.25, 0.3) is 0 Å². The second-order valence-electron chi connectivity index (χ2n) is 4.39. The van der Waals surface area contributed by atoms with E-state index in [9.17, 15) is 0 Å². The Kier molecular flexibility index (Phi) is 4.23. The predicted molar refractivity (Wildman–Crippen MR) is 67.0 cm³/mol. The second-order valence-corrected chi connectivity index (χ2v) is 4.39. The van der Waals surface area contributed by atoms with Gasteiger partial charge in [-0.3, -0.25) is 0 Å². The topological polar surface area (TPSA) is 21.3 Å². The normalized spacial score (nSPS) is 15.1. The first-order valence-corrected chi connectivity index (χ1v) is 6.34. The zero-order chi connectivity index (χ0) is 11.2. The van der Waals surface area contributed by atoms with Crippen molar-refractivity contribution in [2.45, 2.75) is 38.6 Å². The number of ether oxygens (including phenoxy) is 1. The van der Waals surface area contributed by atoms with E-state index in [2.05, 4.69) is 30.4 Å². The lowest BCUT2D eigenvalue weighted by Crippen LogP contribution is -2.19. The van der Waals surface area contributed by atoms with Gasteiger partial charge in [-0.15, -0.1) is 0 Å². The summed E-state index contributed by atoms with van der Waals surface area (Å²) >= 11 is 0. The highest BCUT2D eigenvalue weighted by Crippen LogP contribution is 2.19. The number of hydrogen-bond donors (Lipinski definition) is 1. The quantitative estimate of drug-likeness (QED) is 0.712. The maximum absolute atomic E-state index is 5.79. The lowest BCUT2D eigenvalue weighted by atomic mass is 10.1. The number of aryl methyl sites for hydroxylation is 1. The fraction of sp³-hybridized carbons (Fsp3) is 0.571. The molecule has 0 unspecified atom stereocenters. The summed E-state index contributed by atoms with van der Waals surface area (Å²) in [6, 6.07) is 9.12. The van der Waals surface area contributed by atoms with E-state index in [4.69, 9.17) is 4.74 Å². The Morgan fingerprint density at radius 2 is 2.12 bits per heavy atom. The van der Waals surface area contributed by atoms with Crippen molar-refractivity contribution in [2.24, 2.45) is 0 Å². The Hall–Kier alpha value is -1.02. The summed E-state index contributed by atoms with van der Waals surface area (Å²) in [4.78, 5) is 0. The Balaban J connectivity index is 1.67. The Morgan fingerprint density at radius 3 is 2.88 bits per heavy atom. The summed E-state index contributed by atoms with van der Waals surface area (Å²) in [5.74, 6) is 1.05. The highest BCUT2D eigenvalue weighted by atomic mass is 16.5. The lowest BCUT2D eigenvalue weighted by Gasteiger charge is -2.10. The molecule has 0 spiro atoms. The van der Waals surface area contributed by atoms with Gasteiger partial charge in [0, 0.05) is 6.04 Å². The van der Waals surface area contributed by atoms with Gasteiger partial charge in [-0.05, 0) is 43.9 Å². The van der Waals surface area contributed by atoms with Gasteiger partial charge >= 0.3 is 0 Å². The van der Waals surface area contributed by atoms with Gasteiger partial charge in [0.25, 0.3) is 0 Å². The monoisotopic (exact) mass is 219 g/mol. The maximum atomic E-state index is 5.79. The molecule has 2 nitrogen and oxygen atoms in total. The Morgan fingerprint density at radius 1 is 1.31 bits per heavy atom. The number of hydrogen-bond acceptors (Lipinski definition) is 2. The molecule has 2 heteroatoms. The summed E-state index contributed by atoms with van der Waals surface area (Å²) in [6.45, 7) is 4.06. The van der Waals surface area contributed by atoms with Gasteiger partial charge in [0.1, 0.15) is 5.75 Å². The second kappa shape index (κ2) is 5.90. The van der Waals surface area contributed by atoms with Crippen molar-refractivity contribution in [3.63, 3.8) is 0 Å². The minimum atomic E-state index is 0.808. The van der Waals surface area contributed by atoms with Crippen LogP contribution in [0.5, 0.6) is 5.75 Å². The van der Waals surface area contributed by atoms with Crippen LogP contribution < -0.4 is 10.1 Å². The standard InChI is InChI=1S/C14H21NO/c1-2-12-6-3-4-7-14(12)16-11-5-10-15-13-8-9-13/h3-4,6-7,13,15H,2,5,8-11H2,1H3. The highest BCUT2D eigenvalue weighted by Gasteiger charge is 2.19. The lowest BCUT2D eigenvalue weighted by molar-refractivity contribution is 0.305. The van der Waals surface area contributed by atoms with E-state index in [0.717, 1.165) is 37.8 Å². The SMILES string of the molecule is CCc1ccccc1OCCCNC1CC1. The third kappa shape index (κ3) is 3.53. The molecule has 1 saturated carbocycles. The van der Waals surface area contributed by atoms with Crippen LogP contribution >= 0.6 is 0 Å². The highest BCUT2D eigenvalue weighted by molar-refractivity contribution is 5.33. The molecule has 1 aromatic rings. The fourth-order valence-corrected chi connectivity index (χ4v) is 1.78. The molecule has 0 bridgehead atoms. The molecule has 0 aromatic heterocycles. The molecule has 2 rings (SSSR count). The number of nitrogens with one attached hydrogen (secondary N) is 1. The molecule has 0 heterocycles. The van der Waals surface area contributed by atoms with Crippen molar-refractivity contribution >= 4 is 0 Å². The van der Waals surface area contributed by atoms with Gasteiger partial charge in [0.15, 0.2) is 0 Å². The van der Waals surface area contributed by atoms with Crippen LogP contribution in [0.2, 0.25) is 0 Å². The molecule has 0 saturated heterocycles. The summed E-state index contributed by atoms with van der Waals surface area (Å²) in [5, 5.41) is 3.49. The first-order chi connectivity index (χ1) is 7.90. The zero-order valence-corrected chi connectivity index (χ0v) is 10.0. The minimum absolute atomic E-state index is 0.808. The number of para-hydroxylation sites is 1. The molecule has 0 amide bonds. The van der Waals surface area contributed by atoms with Gasteiger partial charge in [0.05, 0.1) is 6.61 Å². The average molecular weight is 219 g/mol. The third-order valence-corrected chi connectivity index (χ3v) is 2.94. The third-order valence-electron chi connectivity index (χ3n) is 2.94. The number of benzene rings is 1. The molecule has 88 valence electrons. The van der Waals surface area contributed by atoms with E-state index >= 15 is 0 Å². The molecule has 1 aliphatic carbocycles. The van der Waals surface area contributed by atoms with Crippen LogP contribution in [0.3, 0.4) is 0 Å². The Labute approximate surface area is 98.0 Å². The number of rotatable bonds is 7. The molecular formula is C14H21NO. The zero-order valence-electron chi connectivity index (χ0n) is 10.0. The van der Waals surface area contributed by atoms with Crippen molar-refractivity contribution in [2.75, 3.05) is 13.2 Å². The average Bonchev–Trinajstić information content (AvgIpc) is 3.13. The van der Waals surface area contributed by atoms with Crippen molar-refractivity contribution in [3.05, 3.63) is 29.8 Å². The van der Waals surface area contributed by atoms with Crippen molar-refractivity contribution in [1.82, 2.24) is 5.32 Å². The molecule has 1 aromatic carbocycles. The smallest absolute Gasteiger partial charge is 0.122 e. The molecule has 1 aliphatic rings. The summed E-state index contributed by atoms with van der Waals surface area (Å²) < 4.78 is 5.79.